The summed E-state index contributed by atoms with van der Waals surface area (Å²) in [6.07, 6.45) is 4.54. The van der Waals surface area contributed by atoms with Gasteiger partial charge in [-0.3, -0.25) is 14.3 Å². The van der Waals surface area contributed by atoms with E-state index in [0.717, 1.165) is 16.8 Å². The molecule has 0 N–H and O–H groups in total. The van der Waals surface area contributed by atoms with Gasteiger partial charge in [-0.2, -0.15) is 4.98 Å². The molecule has 9 nitrogen and oxygen atoms in total. The average Bonchev–Trinajstić information content (AvgIpc) is 3.47. The Labute approximate surface area is 258 Å². The number of rotatable bonds is 6. The highest BCUT2D eigenvalue weighted by atomic mass is 35.5. The van der Waals surface area contributed by atoms with Crippen molar-refractivity contribution < 1.29 is 13.6 Å². The summed E-state index contributed by atoms with van der Waals surface area (Å²) in [7, 11) is 0. The largest absolute Gasteiger partial charge is 0.464 e. The van der Waals surface area contributed by atoms with Crippen LogP contribution in [-0.4, -0.2) is 56.0 Å². The first-order valence-corrected chi connectivity index (χ1v) is 14.9. The van der Waals surface area contributed by atoms with Crippen LogP contribution in [0.1, 0.15) is 43.5 Å². The van der Waals surface area contributed by atoms with Crippen LogP contribution in [-0.2, 0) is 11.3 Å². The number of aromatic nitrogens is 4. The summed E-state index contributed by atoms with van der Waals surface area (Å²) >= 11 is 6.87. The Morgan fingerprint density at radius 1 is 1.23 bits per heavy atom. The summed E-state index contributed by atoms with van der Waals surface area (Å²) in [6, 6.07) is 8.14. The molecule has 1 amide bonds. The molecule has 6 rings (SSSR count). The van der Waals surface area contributed by atoms with Crippen LogP contribution in [0.25, 0.3) is 33.3 Å². The number of furan rings is 1. The van der Waals surface area contributed by atoms with Gasteiger partial charge in [-0.15, -0.1) is 0 Å². The van der Waals surface area contributed by atoms with Gasteiger partial charge in [-0.25, -0.2) is 14.2 Å². The lowest BCUT2D eigenvalue weighted by molar-refractivity contribution is -0.126. The Kier molecular flexibility index (Phi) is 7.71. The molecule has 1 aliphatic heterocycles. The normalized spacial score (nSPS) is 15.5. The number of hydrogen-bond acceptors (Lipinski definition) is 7. The lowest BCUT2D eigenvalue weighted by atomic mass is 9.99. The lowest BCUT2D eigenvalue weighted by Crippen LogP contribution is -2.54. The lowest BCUT2D eigenvalue weighted by Gasteiger charge is -2.40. The maximum Gasteiger partial charge on any atom is 0.351 e. The van der Waals surface area contributed by atoms with Gasteiger partial charge in [-0.05, 0) is 67.3 Å². The minimum atomic E-state index is -0.550. The molecular formula is C33H32ClFN6O3. The van der Waals surface area contributed by atoms with Crippen molar-refractivity contribution >= 4 is 45.3 Å². The number of anilines is 1. The van der Waals surface area contributed by atoms with Gasteiger partial charge in [-0.1, -0.05) is 32.0 Å². The molecule has 0 unspecified atom stereocenters. The summed E-state index contributed by atoms with van der Waals surface area (Å²) in [5, 5.41) is 1.41. The third-order valence-corrected chi connectivity index (χ3v) is 8.55. The maximum absolute atomic E-state index is 15.4. The standard InChI is InChI=1S/C33H32ClFN6O3/c1-6-26(42)39-12-13-40(20(5)16-39)32-22-15-24(34)29(27-25(35)8-7-21-10-14-44-30(21)27)37-31(22)41(33(43)38-32)17-23-19(4)9-11-36-28(23)18(2)3/h6-11,14-15,18,20H,1,12-13,16-17H2,2-5H3/t20-/m0/s1. The number of fused-ring (bicyclic) bond motifs is 2. The highest BCUT2D eigenvalue weighted by Gasteiger charge is 2.30. The van der Waals surface area contributed by atoms with Gasteiger partial charge in [0.1, 0.15) is 22.9 Å². The molecule has 5 heterocycles. The van der Waals surface area contributed by atoms with Crippen molar-refractivity contribution in [3.05, 3.63) is 93.6 Å². The third-order valence-electron chi connectivity index (χ3n) is 8.26. The molecule has 0 saturated carbocycles. The van der Waals surface area contributed by atoms with Gasteiger partial charge in [0.15, 0.2) is 0 Å². The fourth-order valence-electron chi connectivity index (χ4n) is 5.99. The molecule has 0 bridgehead atoms. The third kappa shape index (κ3) is 5.02. The zero-order chi connectivity index (χ0) is 31.3. The van der Waals surface area contributed by atoms with E-state index in [0.29, 0.717) is 47.5 Å². The van der Waals surface area contributed by atoms with E-state index in [4.69, 9.17) is 21.0 Å². The van der Waals surface area contributed by atoms with Crippen LogP contribution in [0.4, 0.5) is 10.2 Å². The molecule has 0 spiro atoms. The topological polar surface area (TPSA) is 97.4 Å². The number of carbonyl (C=O) groups is 1. The quantitative estimate of drug-likeness (QED) is 0.213. The number of carbonyl (C=O) groups excluding carboxylic acids is 1. The smallest absolute Gasteiger partial charge is 0.351 e. The number of hydrogen-bond donors (Lipinski definition) is 0. The molecule has 44 heavy (non-hydrogen) atoms. The Morgan fingerprint density at radius 2 is 2.02 bits per heavy atom. The van der Waals surface area contributed by atoms with Crippen LogP contribution in [0.15, 0.2) is 64.7 Å². The molecule has 1 aromatic carbocycles. The Hall–Kier alpha value is -4.57. The van der Waals surface area contributed by atoms with Crippen LogP contribution in [0.5, 0.6) is 0 Å². The molecule has 4 aromatic heterocycles. The molecule has 11 heteroatoms. The second-order valence-corrected chi connectivity index (χ2v) is 11.8. The first-order valence-electron chi connectivity index (χ1n) is 14.5. The van der Waals surface area contributed by atoms with E-state index in [-0.39, 0.29) is 40.7 Å². The van der Waals surface area contributed by atoms with E-state index in [1.54, 1.807) is 29.3 Å². The molecule has 1 fully saturated rings. The van der Waals surface area contributed by atoms with Crippen LogP contribution in [0, 0.1) is 12.7 Å². The Bertz CT molecular complexity index is 2000. The summed E-state index contributed by atoms with van der Waals surface area (Å²) < 4.78 is 22.6. The SMILES string of the molecule is C=CC(=O)N1CCN(c2nc(=O)n(Cc3c(C)ccnc3C(C)C)c3nc(-c4c(F)ccc5ccoc45)c(Cl)cc23)[C@@H](C)C1. The Morgan fingerprint density at radius 3 is 2.75 bits per heavy atom. The maximum atomic E-state index is 15.4. The van der Waals surface area contributed by atoms with E-state index in [1.165, 1.54) is 23.0 Å². The van der Waals surface area contributed by atoms with Gasteiger partial charge in [0, 0.05) is 43.0 Å². The minimum Gasteiger partial charge on any atom is -0.464 e. The predicted molar refractivity (Wildman–Crippen MR) is 170 cm³/mol. The van der Waals surface area contributed by atoms with E-state index in [9.17, 15) is 9.59 Å². The van der Waals surface area contributed by atoms with E-state index < -0.39 is 11.5 Å². The molecular weight excluding hydrogens is 583 g/mol. The zero-order valence-corrected chi connectivity index (χ0v) is 25.7. The molecule has 0 radical (unpaired) electrons. The van der Waals surface area contributed by atoms with Gasteiger partial charge < -0.3 is 14.2 Å². The van der Waals surface area contributed by atoms with Crippen molar-refractivity contribution in [2.45, 2.75) is 46.2 Å². The summed E-state index contributed by atoms with van der Waals surface area (Å²) in [5.74, 6) is -0.186. The minimum absolute atomic E-state index is 0.109. The van der Waals surface area contributed by atoms with Crippen molar-refractivity contribution in [3.8, 4) is 11.3 Å². The number of benzene rings is 1. The van der Waals surface area contributed by atoms with Crippen molar-refractivity contribution in [2.24, 2.45) is 0 Å². The van der Waals surface area contributed by atoms with E-state index >= 15 is 4.39 Å². The summed E-state index contributed by atoms with van der Waals surface area (Å²) in [6.45, 7) is 13.1. The van der Waals surface area contributed by atoms with Crippen molar-refractivity contribution in [1.82, 2.24) is 24.4 Å². The van der Waals surface area contributed by atoms with Gasteiger partial charge in [0.05, 0.1) is 34.5 Å². The number of halogens is 2. The highest BCUT2D eigenvalue weighted by molar-refractivity contribution is 6.34. The summed E-state index contributed by atoms with van der Waals surface area (Å²) in [4.78, 5) is 44.0. The molecule has 226 valence electrons. The molecule has 0 aliphatic carbocycles. The number of pyridine rings is 2. The van der Waals surface area contributed by atoms with E-state index in [1.807, 2.05) is 24.8 Å². The van der Waals surface area contributed by atoms with Crippen molar-refractivity contribution in [2.75, 3.05) is 24.5 Å². The molecule has 1 aliphatic rings. The predicted octanol–water partition coefficient (Wildman–Crippen LogP) is 6.10. The number of aryl methyl sites for hydroxylation is 1. The monoisotopic (exact) mass is 614 g/mol. The van der Waals surface area contributed by atoms with Crippen molar-refractivity contribution in [1.29, 1.82) is 0 Å². The number of nitrogens with zero attached hydrogens (tertiary/aromatic N) is 6. The first-order chi connectivity index (χ1) is 21.1. The van der Waals surface area contributed by atoms with Crippen LogP contribution >= 0.6 is 11.6 Å². The second kappa shape index (κ2) is 11.5. The van der Waals surface area contributed by atoms with Crippen LogP contribution in [0.2, 0.25) is 5.02 Å². The highest BCUT2D eigenvalue weighted by Crippen LogP contribution is 2.38. The van der Waals surface area contributed by atoms with Gasteiger partial charge in [0.2, 0.25) is 5.91 Å². The number of piperazine rings is 1. The second-order valence-electron chi connectivity index (χ2n) is 11.4. The van der Waals surface area contributed by atoms with Gasteiger partial charge in [0.25, 0.3) is 0 Å². The number of amides is 1. The molecule has 5 aromatic rings. The zero-order valence-electron chi connectivity index (χ0n) is 25.0. The van der Waals surface area contributed by atoms with Crippen LogP contribution < -0.4 is 10.6 Å². The first kappa shape index (κ1) is 29.5. The molecule has 1 atom stereocenters. The van der Waals surface area contributed by atoms with Crippen LogP contribution in [0.3, 0.4) is 0 Å². The van der Waals surface area contributed by atoms with Gasteiger partial charge >= 0.3 is 5.69 Å². The fraction of sp³-hybridized carbons (Fsp3) is 0.303. The van der Waals surface area contributed by atoms with Crippen molar-refractivity contribution in [3.63, 3.8) is 0 Å². The molecule has 1 saturated heterocycles. The fourth-order valence-corrected chi connectivity index (χ4v) is 6.24. The summed E-state index contributed by atoms with van der Waals surface area (Å²) in [5.41, 5.74) is 3.10. The average molecular weight is 615 g/mol. The Balaban J connectivity index is 1.60. The van der Waals surface area contributed by atoms with E-state index in [2.05, 4.69) is 30.4 Å².